The number of nitrogens with zero attached hydrogens (tertiary/aromatic N) is 1. The second-order valence-corrected chi connectivity index (χ2v) is 6.15. The summed E-state index contributed by atoms with van der Waals surface area (Å²) in [4.78, 5) is 24.2. The van der Waals surface area contributed by atoms with E-state index in [-0.39, 0.29) is 30.9 Å². The van der Waals surface area contributed by atoms with Gasteiger partial charge in [0.2, 0.25) is 5.91 Å². The van der Waals surface area contributed by atoms with Crippen molar-refractivity contribution in [1.82, 2.24) is 4.90 Å². The Bertz CT molecular complexity index is 597. The third kappa shape index (κ3) is 5.25. The van der Waals surface area contributed by atoms with Crippen LogP contribution >= 0.6 is 0 Å². The molecule has 1 aromatic rings. The molecule has 0 bridgehead atoms. The van der Waals surface area contributed by atoms with Crippen LogP contribution in [0, 0.1) is 5.92 Å². The van der Waals surface area contributed by atoms with E-state index in [4.69, 9.17) is 5.11 Å². The fourth-order valence-corrected chi connectivity index (χ4v) is 2.80. The normalized spacial score (nSPS) is 15.0. The highest BCUT2D eigenvalue weighted by Crippen LogP contribution is 2.28. The zero-order valence-corrected chi connectivity index (χ0v) is 13.2. The molecule has 1 N–H and O–H groups in total. The third-order valence-corrected chi connectivity index (χ3v) is 4.28. The maximum atomic E-state index is 12.7. The Labute approximate surface area is 138 Å². The van der Waals surface area contributed by atoms with E-state index in [0.29, 0.717) is 5.56 Å². The second-order valence-electron chi connectivity index (χ2n) is 6.15. The molecule has 0 heterocycles. The predicted molar refractivity (Wildman–Crippen MR) is 81.7 cm³/mol. The third-order valence-electron chi connectivity index (χ3n) is 4.28. The number of carboxylic acids is 1. The number of rotatable bonds is 7. The van der Waals surface area contributed by atoms with Gasteiger partial charge in [-0.3, -0.25) is 4.79 Å². The molecule has 0 spiro atoms. The van der Waals surface area contributed by atoms with Gasteiger partial charge >= 0.3 is 12.1 Å². The molecule has 0 atom stereocenters. The minimum absolute atomic E-state index is 0.0756. The van der Waals surface area contributed by atoms with E-state index in [1.165, 1.54) is 6.07 Å². The van der Waals surface area contributed by atoms with Gasteiger partial charge in [0.15, 0.2) is 0 Å². The quantitative estimate of drug-likeness (QED) is 0.824. The summed E-state index contributed by atoms with van der Waals surface area (Å²) < 4.78 is 38.1. The molecule has 1 fully saturated rings. The lowest BCUT2D eigenvalue weighted by molar-refractivity contribution is -0.163. The first-order valence-corrected chi connectivity index (χ1v) is 7.92. The van der Waals surface area contributed by atoms with Crippen molar-refractivity contribution >= 4 is 11.9 Å². The highest BCUT2D eigenvalue weighted by molar-refractivity contribution is 5.89. The molecular formula is C17H20F3NO3. The molecule has 0 aliphatic heterocycles. The zero-order valence-electron chi connectivity index (χ0n) is 13.2. The van der Waals surface area contributed by atoms with Crippen LogP contribution in [0.15, 0.2) is 24.3 Å². The first kappa shape index (κ1) is 18.3. The Morgan fingerprint density at radius 1 is 1.21 bits per heavy atom. The summed E-state index contributed by atoms with van der Waals surface area (Å²) in [6.07, 6.45) is -1.76. The van der Waals surface area contributed by atoms with Gasteiger partial charge in [-0.25, -0.2) is 4.79 Å². The van der Waals surface area contributed by atoms with Crippen LogP contribution in [-0.2, 0) is 11.2 Å². The van der Waals surface area contributed by atoms with Crippen molar-refractivity contribution in [3.8, 4) is 0 Å². The van der Waals surface area contributed by atoms with Crippen LogP contribution in [0.25, 0.3) is 0 Å². The van der Waals surface area contributed by atoms with E-state index in [2.05, 4.69) is 0 Å². The standard InChI is InChI=1S/C17H20F3NO3/c18-17(19,20)11-21(10-12-4-3-5-12)15(22)9-8-13-6-1-2-7-14(13)16(23)24/h1-2,6-7,12H,3-5,8-11H2,(H,23,24). The number of hydrogen-bond acceptors (Lipinski definition) is 2. The topological polar surface area (TPSA) is 57.6 Å². The van der Waals surface area contributed by atoms with Crippen molar-refractivity contribution in [3.05, 3.63) is 35.4 Å². The summed E-state index contributed by atoms with van der Waals surface area (Å²) in [5.74, 6) is -1.55. The van der Waals surface area contributed by atoms with Gasteiger partial charge in [-0.05, 0) is 36.8 Å². The van der Waals surface area contributed by atoms with Crippen molar-refractivity contribution in [3.63, 3.8) is 0 Å². The number of aryl methyl sites for hydroxylation is 1. The number of carbonyl (C=O) groups is 2. The van der Waals surface area contributed by atoms with Crippen LogP contribution in [0.3, 0.4) is 0 Å². The van der Waals surface area contributed by atoms with Crippen molar-refractivity contribution in [2.24, 2.45) is 5.92 Å². The fraction of sp³-hybridized carbons (Fsp3) is 0.529. The van der Waals surface area contributed by atoms with Crippen LogP contribution in [0.2, 0.25) is 0 Å². The van der Waals surface area contributed by atoms with E-state index in [1.54, 1.807) is 18.2 Å². The molecule has 0 saturated heterocycles. The van der Waals surface area contributed by atoms with Gasteiger partial charge in [0.25, 0.3) is 0 Å². The summed E-state index contributed by atoms with van der Waals surface area (Å²) in [6.45, 7) is -1.12. The Morgan fingerprint density at radius 3 is 2.42 bits per heavy atom. The molecule has 1 saturated carbocycles. The lowest BCUT2D eigenvalue weighted by Crippen LogP contribution is -2.43. The number of aromatic carboxylic acids is 1. The van der Waals surface area contributed by atoms with E-state index < -0.39 is 24.6 Å². The van der Waals surface area contributed by atoms with Crippen LogP contribution in [-0.4, -0.2) is 41.1 Å². The van der Waals surface area contributed by atoms with Gasteiger partial charge in [-0.2, -0.15) is 13.2 Å². The summed E-state index contributed by atoms with van der Waals surface area (Å²) >= 11 is 0. The van der Waals surface area contributed by atoms with Gasteiger partial charge in [0.05, 0.1) is 5.56 Å². The number of hydrogen-bond donors (Lipinski definition) is 1. The maximum absolute atomic E-state index is 12.7. The van der Waals surface area contributed by atoms with Gasteiger partial charge in [0.1, 0.15) is 6.54 Å². The Kier molecular flexibility index (Phi) is 5.85. The van der Waals surface area contributed by atoms with Crippen LogP contribution in [0.4, 0.5) is 13.2 Å². The molecule has 0 radical (unpaired) electrons. The summed E-state index contributed by atoms with van der Waals surface area (Å²) in [5, 5.41) is 9.11. The Balaban J connectivity index is 2.00. The summed E-state index contributed by atoms with van der Waals surface area (Å²) in [7, 11) is 0. The van der Waals surface area contributed by atoms with Gasteiger partial charge < -0.3 is 10.0 Å². The molecule has 1 aromatic carbocycles. The lowest BCUT2D eigenvalue weighted by atomic mass is 9.85. The van der Waals surface area contributed by atoms with Crippen molar-refractivity contribution in [1.29, 1.82) is 0 Å². The molecule has 7 heteroatoms. The first-order valence-electron chi connectivity index (χ1n) is 7.92. The molecule has 4 nitrogen and oxygen atoms in total. The molecular weight excluding hydrogens is 323 g/mol. The second kappa shape index (κ2) is 7.68. The van der Waals surface area contributed by atoms with E-state index >= 15 is 0 Å². The minimum atomic E-state index is -4.43. The zero-order chi connectivity index (χ0) is 17.7. The molecule has 0 unspecified atom stereocenters. The minimum Gasteiger partial charge on any atom is -0.478 e. The Morgan fingerprint density at radius 2 is 1.88 bits per heavy atom. The van der Waals surface area contributed by atoms with Crippen LogP contribution < -0.4 is 0 Å². The molecule has 0 aromatic heterocycles. The Hall–Kier alpha value is -2.05. The maximum Gasteiger partial charge on any atom is 0.406 e. The SMILES string of the molecule is O=C(O)c1ccccc1CCC(=O)N(CC1CCC1)CC(F)(F)F. The van der Waals surface area contributed by atoms with Gasteiger partial charge in [0, 0.05) is 13.0 Å². The van der Waals surface area contributed by atoms with Gasteiger partial charge in [-0.1, -0.05) is 24.6 Å². The summed E-state index contributed by atoms with van der Waals surface area (Å²) in [5.41, 5.74) is 0.528. The van der Waals surface area contributed by atoms with Crippen LogP contribution in [0.1, 0.15) is 41.6 Å². The average molecular weight is 343 g/mol. The monoisotopic (exact) mass is 343 g/mol. The largest absolute Gasteiger partial charge is 0.478 e. The lowest BCUT2D eigenvalue weighted by Gasteiger charge is -2.33. The fourth-order valence-electron chi connectivity index (χ4n) is 2.80. The van der Waals surface area contributed by atoms with Gasteiger partial charge in [-0.15, -0.1) is 0 Å². The van der Waals surface area contributed by atoms with Crippen molar-refractivity contribution < 1.29 is 27.9 Å². The number of benzene rings is 1. The highest BCUT2D eigenvalue weighted by Gasteiger charge is 2.34. The predicted octanol–water partition coefficient (Wildman–Crippen LogP) is 3.51. The number of carboxylic acid groups (broad SMARTS) is 1. The van der Waals surface area contributed by atoms with E-state index in [1.807, 2.05) is 0 Å². The highest BCUT2D eigenvalue weighted by atomic mass is 19.4. The molecule has 1 amide bonds. The summed E-state index contributed by atoms with van der Waals surface area (Å²) in [6, 6.07) is 6.22. The number of carbonyl (C=O) groups excluding carboxylic acids is 1. The van der Waals surface area contributed by atoms with E-state index in [9.17, 15) is 22.8 Å². The molecule has 2 rings (SSSR count). The van der Waals surface area contributed by atoms with E-state index in [0.717, 1.165) is 24.2 Å². The average Bonchev–Trinajstić information content (AvgIpc) is 2.46. The molecule has 1 aliphatic rings. The molecule has 24 heavy (non-hydrogen) atoms. The number of halogens is 3. The molecule has 1 aliphatic carbocycles. The smallest absolute Gasteiger partial charge is 0.406 e. The van der Waals surface area contributed by atoms with Crippen LogP contribution in [0.5, 0.6) is 0 Å². The first-order chi connectivity index (χ1) is 11.3. The van der Waals surface area contributed by atoms with Crippen molar-refractivity contribution in [2.75, 3.05) is 13.1 Å². The molecule has 132 valence electrons. The number of amides is 1. The number of alkyl halides is 3. The van der Waals surface area contributed by atoms with Crippen molar-refractivity contribution in [2.45, 2.75) is 38.3 Å².